The van der Waals surface area contributed by atoms with Gasteiger partial charge < -0.3 is 14.2 Å². The van der Waals surface area contributed by atoms with Gasteiger partial charge in [-0.25, -0.2) is 24.1 Å². The molecule has 0 aliphatic heterocycles. The topological polar surface area (TPSA) is 95.5 Å². The first-order valence-electron chi connectivity index (χ1n) is 11.5. The minimum absolute atomic E-state index is 0.0176. The van der Waals surface area contributed by atoms with Crippen molar-refractivity contribution in [3.63, 3.8) is 0 Å². The number of para-hydroxylation sites is 1. The first kappa shape index (κ1) is 24.4. The lowest BCUT2D eigenvalue weighted by atomic mass is 10.1. The highest BCUT2D eigenvalue weighted by atomic mass is 32.1. The number of benzene rings is 3. The van der Waals surface area contributed by atoms with Crippen LogP contribution in [0.15, 0.2) is 60.8 Å². The lowest BCUT2D eigenvalue weighted by Gasteiger charge is -2.15. The van der Waals surface area contributed by atoms with Crippen molar-refractivity contribution in [3.05, 3.63) is 72.2 Å². The van der Waals surface area contributed by atoms with Crippen molar-refractivity contribution in [1.82, 2.24) is 15.0 Å². The molecule has 5 rings (SSSR count). The normalized spacial score (nSPS) is 11.9. The van der Waals surface area contributed by atoms with Gasteiger partial charge in [-0.1, -0.05) is 18.2 Å². The summed E-state index contributed by atoms with van der Waals surface area (Å²) in [5.41, 5.74) is 4.29. The van der Waals surface area contributed by atoms with E-state index in [0.29, 0.717) is 33.1 Å². The van der Waals surface area contributed by atoms with Crippen molar-refractivity contribution in [2.24, 2.45) is 0 Å². The predicted molar refractivity (Wildman–Crippen MR) is 141 cm³/mol. The summed E-state index contributed by atoms with van der Waals surface area (Å²) in [6.45, 7) is 3.62. The van der Waals surface area contributed by atoms with Crippen LogP contribution in [0.25, 0.3) is 31.8 Å². The van der Waals surface area contributed by atoms with Gasteiger partial charge in [-0.3, -0.25) is 5.32 Å². The number of anilines is 1. The standard InChI is InChI=1S/C27H23FN4O4S/c1-15-9-18(25-21(10-15)31-24(34-3)13-29-25)26-32-20-11-19(28)22(12-23(20)37-26)35-14-16(2)36-27(33)30-17-7-5-4-6-8-17/h4-13,16H,14H2,1-3H3,(H,30,33)/t16-/m1/s1. The summed E-state index contributed by atoms with van der Waals surface area (Å²) in [7, 11) is 1.54. The Balaban J connectivity index is 1.33. The number of carbonyl (C=O) groups is 1. The van der Waals surface area contributed by atoms with Gasteiger partial charge in [0, 0.05) is 23.4 Å². The summed E-state index contributed by atoms with van der Waals surface area (Å²) in [4.78, 5) is 25.7. The molecule has 5 aromatic rings. The molecule has 0 radical (unpaired) electrons. The number of ether oxygens (including phenoxy) is 3. The maximum Gasteiger partial charge on any atom is 0.412 e. The van der Waals surface area contributed by atoms with Crippen LogP contribution in [0.5, 0.6) is 11.6 Å². The summed E-state index contributed by atoms with van der Waals surface area (Å²) < 4.78 is 31.7. The second-order valence-corrected chi connectivity index (χ2v) is 9.41. The number of hydrogen-bond acceptors (Lipinski definition) is 8. The minimum atomic E-state index is -0.614. The zero-order valence-corrected chi connectivity index (χ0v) is 21.1. The Morgan fingerprint density at radius 1 is 1.11 bits per heavy atom. The van der Waals surface area contributed by atoms with Crippen LogP contribution in [0.3, 0.4) is 0 Å². The summed E-state index contributed by atoms with van der Waals surface area (Å²) in [5, 5.41) is 3.32. The van der Waals surface area contributed by atoms with Crippen LogP contribution in [0.1, 0.15) is 12.5 Å². The Morgan fingerprint density at radius 2 is 1.92 bits per heavy atom. The second-order valence-electron chi connectivity index (χ2n) is 8.38. The average Bonchev–Trinajstić information content (AvgIpc) is 3.29. The number of fused-ring (bicyclic) bond motifs is 2. The molecule has 2 aromatic heterocycles. The third-order valence-electron chi connectivity index (χ3n) is 5.45. The van der Waals surface area contributed by atoms with E-state index in [0.717, 1.165) is 15.8 Å². The van der Waals surface area contributed by atoms with Crippen molar-refractivity contribution in [3.8, 4) is 22.2 Å². The molecule has 188 valence electrons. The summed E-state index contributed by atoms with van der Waals surface area (Å²) in [6, 6.07) is 15.8. The zero-order valence-electron chi connectivity index (χ0n) is 20.3. The van der Waals surface area contributed by atoms with Crippen molar-refractivity contribution >= 4 is 44.4 Å². The second kappa shape index (κ2) is 10.4. The fourth-order valence-corrected chi connectivity index (χ4v) is 4.75. The van der Waals surface area contributed by atoms with Crippen LogP contribution >= 0.6 is 11.3 Å². The molecule has 8 nitrogen and oxygen atoms in total. The largest absolute Gasteiger partial charge is 0.487 e. The van der Waals surface area contributed by atoms with Gasteiger partial charge in [-0.2, -0.15) is 0 Å². The molecular formula is C27H23FN4O4S. The van der Waals surface area contributed by atoms with Gasteiger partial charge in [0.2, 0.25) is 5.88 Å². The average molecular weight is 519 g/mol. The molecule has 0 bridgehead atoms. The number of rotatable bonds is 7. The van der Waals surface area contributed by atoms with E-state index in [1.54, 1.807) is 50.6 Å². The quantitative estimate of drug-likeness (QED) is 0.267. The smallest absolute Gasteiger partial charge is 0.412 e. The van der Waals surface area contributed by atoms with Crippen molar-refractivity contribution in [1.29, 1.82) is 0 Å². The number of halogens is 1. The first-order chi connectivity index (χ1) is 17.9. The first-order valence-corrected chi connectivity index (χ1v) is 12.3. The summed E-state index contributed by atoms with van der Waals surface area (Å²) in [6.07, 6.45) is 0.338. The van der Waals surface area contributed by atoms with E-state index in [1.807, 2.05) is 25.1 Å². The molecular weight excluding hydrogens is 495 g/mol. The van der Waals surface area contributed by atoms with Crippen molar-refractivity contribution in [2.45, 2.75) is 20.0 Å². The Bertz CT molecular complexity index is 1590. The van der Waals surface area contributed by atoms with Gasteiger partial charge in [-0.05, 0) is 43.7 Å². The minimum Gasteiger partial charge on any atom is -0.487 e. The number of amides is 1. The monoisotopic (exact) mass is 518 g/mol. The molecule has 0 aliphatic carbocycles. The predicted octanol–water partition coefficient (Wildman–Crippen LogP) is 6.38. The van der Waals surface area contributed by atoms with Crippen LogP contribution in [0.2, 0.25) is 0 Å². The molecule has 0 saturated heterocycles. The SMILES string of the molecule is COc1cnc2c(-c3nc4cc(F)c(OC[C@@H](C)OC(=O)Nc5ccccc5)cc4s3)cc(C)cc2n1. The summed E-state index contributed by atoms with van der Waals surface area (Å²) in [5.74, 6) is -0.0721. The highest BCUT2D eigenvalue weighted by molar-refractivity contribution is 7.21. The number of hydrogen-bond donors (Lipinski definition) is 1. The molecule has 1 atom stereocenters. The Morgan fingerprint density at radius 3 is 2.70 bits per heavy atom. The highest BCUT2D eigenvalue weighted by Crippen LogP contribution is 2.37. The Kier molecular flexibility index (Phi) is 6.82. The van der Waals surface area contributed by atoms with Crippen LogP contribution in [-0.2, 0) is 4.74 Å². The van der Waals surface area contributed by atoms with E-state index >= 15 is 0 Å². The van der Waals surface area contributed by atoms with Gasteiger partial charge >= 0.3 is 6.09 Å². The van der Waals surface area contributed by atoms with E-state index in [9.17, 15) is 9.18 Å². The van der Waals surface area contributed by atoms with E-state index in [2.05, 4.69) is 20.3 Å². The van der Waals surface area contributed by atoms with E-state index in [1.165, 1.54) is 17.4 Å². The van der Waals surface area contributed by atoms with Crippen LogP contribution < -0.4 is 14.8 Å². The van der Waals surface area contributed by atoms with Gasteiger partial charge in [-0.15, -0.1) is 11.3 Å². The molecule has 0 unspecified atom stereocenters. The highest BCUT2D eigenvalue weighted by Gasteiger charge is 2.17. The van der Waals surface area contributed by atoms with E-state index in [4.69, 9.17) is 14.2 Å². The number of carbonyl (C=O) groups excluding carboxylic acids is 1. The van der Waals surface area contributed by atoms with Gasteiger partial charge in [0.1, 0.15) is 17.7 Å². The maximum absolute atomic E-state index is 14.8. The maximum atomic E-state index is 14.8. The molecule has 3 aromatic carbocycles. The third-order valence-corrected chi connectivity index (χ3v) is 6.50. The number of nitrogens with one attached hydrogen (secondary N) is 1. The van der Waals surface area contributed by atoms with Crippen LogP contribution in [0.4, 0.5) is 14.9 Å². The molecule has 10 heteroatoms. The van der Waals surface area contributed by atoms with Crippen molar-refractivity contribution in [2.75, 3.05) is 19.0 Å². The number of thiazole rings is 1. The molecule has 0 spiro atoms. The third kappa shape index (κ3) is 5.44. The molecule has 0 fully saturated rings. The van der Waals surface area contributed by atoms with Crippen LogP contribution in [0, 0.1) is 12.7 Å². The number of aromatic nitrogens is 3. The van der Waals surface area contributed by atoms with Crippen molar-refractivity contribution < 1.29 is 23.4 Å². The molecule has 1 N–H and O–H groups in total. The van der Waals surface area contributed by atoms with Crippen LogP contribution in [-0.4, -0.2) is 40.9 Å². The lowest BCUT2D eigenvalue weighted by molar-refractivity contribution is 0.0844. The molecule has 0 aliphatic rings. The lowest BCUT2D eigenvalue weighted by Crippen LogP contribution is -2.25. The van der Waals surface area contributed by atoms with E-state index < -0.39 is 18.0 Å². The molecule has 2 heterocycles. The molecule has 1 amide bonds. The molecule has 37 heavy (non-hydrogen) atoms. The molecule has 0 saturated carbocycles. The van der Waals surface area contributed by atoms with Gasteiger partial charge in [0.15, 0.2) is 11.6 Å². The number of nitrogens with zero attached hydrogens (tertiary/aromatic N) is 3. The number of methoxy groups -OCH3 is 1. The Hall–Kier alpha value is -4.31. The summed E-state index contributed by atoms with van der Waals surface area (Å²) >= 11 is 1.40. The van der Waals surface area contributed by atoms with Gasteiger partial charge in [0.05, 0.1) is 34.6 Å². The van der Waals surface area contributed by atoms with E-state index in [-0.39, 0.29) is 12.4 Å². The van der Waals surface area contributed by atoms with Gasteiger partial charge in [0.25, 0.3) is 0 Å². The fraction of sp³-hybridized carbons (Fsp3) is 0.185. The number of aryl methyl sites for hydroxylation is 1. The Labute approximate surface area is 216 Å². The zero-order chi connectivity index (χ0) is 25.9. The fourth-order valence-electron chi connectivity index (χ4n) is 3.76.